The Morgan fingerprint density at radius 2 is 1.92 bits per heavy atom. The molecule has 1 aromatic heterocycles. The van der Waals surface area contributed by atoms with Crippen LogP contribution in [-0.4, -0.2) is 53.6 Å². The molecule has 1 saturated heterocycles. The predicted molar refractivity (Wildman–Crippen MR) is 142 cm³/mol. The smallest absolute Gasteiger partial charge is 0.244 e. The van der Waals surface area contributed by atoms with Gasteiger partial charge in [-0.2, -0.15) is 5.26 Å². The number of carbonyl (C=O) groups excluding carboxylic acids is 1. The van der Waals surface area contributed by atoms with Gasteiger partial charge in [0.15, 0.2) is 5.88 Å². The van der Waals surface area contributed by atoms with Crippen molar-refractivity contribution in [2.75, 3.05) is 19.0 Å². The number of rotatable bonds is 8. The van der Waals surface area contributed by atoms with Crippen molar-refractivity contribution in [3.8, 4) is 17.2 Å². The second-order valence-electron chi connectivity index (χ2n) is 11.1. The zero-order valence-electron chi connectivity index (χ0n) is 22.0. The van der Waals surface area contributed by atoms with Crippen LogP contribution in [0.15, 0.2) is 55.1 Å². The van der Waals surface area contributed by atoms with E-state index in [0.717, 1.165) is 41.8 Å². The van der Waals surface area contributed by atoms with Crippen molar-refractivity contribution < 1.29 is 9.53 Å². The van der Waals surface area contributed by atoms with Gasteiger partial charge >= 0.3 is 0 Å². The van der Waals surface area contributed by atoms with Crippen molar-refractivity contribution in [2.24, 2.45) is 5.92 Å². The number of piperidine rings is 1. The van der Waals surface area contributed by atoms with Crippen LogP contribution in [0.2, 0.25) is 0 Å². The van der Waals surface area contributed by atoms with Crippen molar-refractivity contribution >= 4 is 11.7 Å². The maximum Gasteiger partial charge on any atom is 0.244 e. The van der Waals surface area contributed by atoms with Crippen LogP contribution in [0.4, 0.5) is 5.82 Å². The van der Waals surface area contributed by atoms with E-state index in [9.17, 15) is 10.1 Å². The van der Waals surface area contributed by atoms with E-state index in [4.69, 9.17) is 4.74 Å². The van der Waals surface area contributed by atoms with Gasteiger partial charge in [0.05, 0.1) is 6.07 Å². The zero-order valence-corrected chi connectivity index (χ0v) is 22.0. The van der Waals surface area contributed by atoms with E-state index in [1.165, 1.54) is 0 Å². The quantitative estimate of drug-likeness (QED) is 0.552. The third-order valence-electron chi connectivity index (χ3n) is 6.97. The van der Waals surface area contributed by atoms with Gasteiger partial charge in [0.2, 0.25) is 5.91 Å². The molecule has 1 amide bonds. The molecule has 36 heavy (non-hydrogen) atoms. The average Bonchev–Trinajstić information content (AvgIpc) is 3.45. The molecule has 2 heterocycles. The summed E-state index contributed by atoms with van der Waals surface area (Å²) in [5.74, 6) is 1.61. The number of ether oxygens (including phenoxy) is 1. The first-order valence-corrected chi connectivity index (χ1v) is 12.6. The Morgan fingerprint density at radius 1 is 1.22 bits per heavy atom. The summed E-state index contributed by atoms with van der Waals surface area (Å²) in [6.45, 7) is 10.1. The molecule has 7 heteroatoms. The Kier molecular flexibility index (Phi) is 7.26. The molecule has 2 aliphatic rings. The van der Waals surface area contributed by atoms with Gasteiger partial charge in [-0.05, 0) is 75.8 Å². The number of aromatic nitrogens is 1. The minimum absolute atomic E-state index is 0.115. The summed E-state index contributed by atoms with van der Waals surface area (Å²) in [5.41, 5.74) is 2.70. The van der Waals surface area contributed by atoms with Crippen LogP contribution in [0.5, 0.6) is 0 Å². The summed E-state index contributed by atoms with van der Waals surface area (Å²) in [6.07, 6.45) is 5.34. The first-order valence-electron chi connectivity index (χ1n) is 12.6. The summed E-state index contributed by atoms with van der Waals surface area (Å²) < 4.78 is 6.03. The summed E-state index contributed by atoms with van der Waals surface area (Å²) in [6, 6.07) is 13.7. The molecule has 190 valence electrons. The molecule has 1 N–H and O–H groups in total. The van der Waals surface area contributed by atoms with E-state index in [0.29, 0.717) is 12.3 Å². The van der Waals surface area contributed by atoms with E-state index in [-0.39, 0.29) is 29.5 Å². The number of hydrogen-bond donors (Lipinski definition) is 1. The van der Waals surface area contributed by atoms with E-state index >= 15 is 0 Å². The highest BCUT2D eigenvalue weighted by Gasteiger charge is 2.50. The Hall–Kier alpha value is -3.53. The predicted octanol–water partition coefficient (Wildman–Crippen LogP) is 4.50. The van der Waals surface area contributed by atoms with E-state index < -0.39 is 6.04 Å². The van der Waals surface area contributed by atoms with Gasteiger partial charge in [0.25, 0.3) is 0 Å². The lowest BCUT2D eigenvalue weighted by Gasteiger charge is -2.39. The molecule has 4 atom stereocenters. The molecule has 1 saturated carbocycles. The number of benzene rings is 1. The lowest BCUT2D eigenvalue weighted by molar-refractivity contribution is -0.130. The molecule has 2 bridgehead atoms. The Bertz CT molecular complexity index is 1130. The van der Waals surface area contributed by atoms with Gasteiger partial charge in [-0.3, -0.25) is 4.79 Å². The molecule has 0 spiro atoms. The molecular weight excluding hydrogens is 450 g/mol. The monoisotopic (exact) mass is 487 g/mol. The molecule has 4 rings (SSSR count). The molecule has 1 aromatic carbocycles. The minimum atomic E-state index is -0.609. The number of amides is 1. The highest BCUT2D eigenvalue weighted by molar-refractivity contribution is 5.83. The van der Waals surface area contributed by atoms with Gasteiger partial charge in [-0.1, -0.05) is 24.3 Å². The molecule has 1 aliphatic heterocycles. The molecular formula is C29H37N5O2. The van der Waals surface area contributed by atoms with Crippen LogP contribution in [-0.2, 0) is 16.0 Å². The van der Waals surface area contributed by atoms with E-state index in [2.05, 4.69) is 22.9 Å². The van der Waals surface area contributed by atoms with Gasteiger partial charge < -0.3 is 19.9 Å². The number of pyridine rings is 1. The second kappa shape index (κ2) is 10.2. The number of nitrogens with zero attached hydrogens (tertiary/aromatic N) is 4. The van der Waals surface area contributed by atoms with Gasteiger partial charge in [-0.25, -0.2) is 4.98 Å². The van der Waals surface area contributed by atoms with Crippen LogP contribution < -0.4 is 10.2 Å². The fourth-order valence-electron chi connectivity index (χ4n) is 5.37. The third-order valence-corrected chi connectivity index (χ3v) is 6.97. The fourth-order valence-corrected chi connectivity index (χ4v) is 5.37. The first kappa shape index (κ1) is 25.6. The number of likely N-dealkylation sites (tertiary alicyclic amines) is 1. The van der Waals surface area contributed by atoms with Crippen molar-refractivity contribution in [2.45, 2.75) is 70.2 Å². The topological polar surface area (TPSA) is 81.5 Å². The van der Waals surface area contributed by atoms with Gasteiger partial charge in [0.1, 0.15) is 23.5 Å². The van der Waals surface area contributed by atoms with Crippen LogP contribution in [0.1, 0.15) is 45.6 Å². The molecule has 0 unspecified atom stereocenters. The Morgan fingerprint density at radius 3 is 2.50 bits per heavy atom. The third kappa shape index (κ3) is 5.64. The maximum absolute atomic E-state index is 13.4. The first-order chi connectivity index (χ1) is 17.1. The van der Waals surface area contributed by atoms with Crippen molar-refractivity contribution in [3.05, 3.63) is 60.6 Å². The molecule has 1 aliphatic carbocycles. The SMILES string of the molecule is C=C(OC(C)(C)C)N1[C@@H]2CC[C@@H](C2)[C@H]1C(=O)N[C@H](C#N)Cc1ccc(-c2ccc(N(C)C)nc2)cc1. The molecule has 2 fully saturated rings. The fraction of sp³-hybridized carbons (Fsp3) is 0.483. The Balaban J connectivity index is 1.40. The summed E-state index contributed by atoms with van der Waals surface area (Å²) in [7, 11) is 3.93. The normalized spacial score (nSPS) is 21.6. The van der Waals surface area contributed by atoms with E-state index in [1.807, 2.05) is 87.3 Å². The molecule has 0 radical (unpaired) electrons. The largest absolute Gasteiger partial charge is 0.474 e. The highest BCUT2D eigenvalue weighted by Crippen LogP contribution is 2.45. The summed E-state index contributed by atoms with van der Waals surface area (Å²) in [5, 5.41) is 12.8. The second-order valence-corrected chi connectivity index (χ2v) is 11.1. The van der Waals surface area contributed by atoms with Crippen LogP contribution >= 0.6 is 0 Å². The number of anilines is 1. The van der Waals surface area contributed by atoms with Gasteiger partial charge in [-0.15, -0.1) is 0 Å². The maximum atomic E-state index is 13.4. The number of hydrogen-bond acceptors (Lipinski definition) is 6. The number of carbonyl (C=O) groups is 1. The van der Waals surface area contributed by atoms with E-state index in [1.54, 1.807) is 0 Å². The molecule has 2 aromatic rings. The lowest BCUT2D eigenvalue weighted by atomic mass is 9.97. The zero-order chi connectivity index (χ0) is 26.0. The van der Waals surface area contributed by atoms with Crippen molar-refractivity contribution in [1.82, 2.24) is 15.2 Å². The molecule has 7 nitrogen and oxygen atoms in total. The van der Waals surface area contributed by atoms with Crippen LogP contribution in [0.25, 0.3) is 11.1 Å². The number of nitrogens with one attached hydrogen (secondary N) is 1. The lowest BCUT2D eigenvalue weighted by Crippen LogP contribution is -2.52. The Labute approximate surface area is 214 Å². The van der Waals surface area contributed by atoms with Crippen LogP contribution in [0, 0.1) is 17.2 Å². The number of nitriles is 1. The summed E-state index contributed by atoms with van der Waals surface area (Å²) >= 11 is 0. The summed E-state index contributed by atoms with van der Waals surface area (Å²) in [4.78, 5) is 21.9. The van der Waals surface area contributed by atoms with Crippen LogP contribution in [0.3, 0.4) is 0 Å². The van der Waals surface area contributed by atoms with Gasteiger partial charge in [0, 0.05) is 38.3 Å². The average molecular weight is 488 g/mol. The minimum Gasteiger partial charge on any atom is -0.474 e. The highest BCUT2D eigenvalue weighted by atomic mass is 16.5. The van der Waals surface area contributed by atoms with Crippen molar-refractivity contribution in [3.63, 3.8) is 0 Å². The standard InChI is InChI=1S/C29H37N5O2/c1-19(36-29(2,3)4)34-25-13-11-22(16-25)27(34)28(35)32-24(17-30)15-20-7-9-21(10-8-20)23-12-14-26(31-18-23)33(5)6/h7-10,12,14,18,22,24-25,27H,1,11,13,15-16H2,2-6H3,(H,32,35)/t22-,24-,25+,27-/m0/s1. The number of fused-ring (bicyclic) bond motifs is 2. The van der Waals surface area contributed by atoms with Crippen molar-refractivity contribution in [1.29, 1.82) is 5.26 Å².